The Morgan fingerprint density at radius 2 is 1.00 bits per heavy atom. The molecule has 184 valence electrons. The number of rotatable bonds is 12. The third kappa shape index (κ3) is 9.18. The van der Waals surface area contributed by atoms with Crippen LogP contribution in [-0.4, -0.2) is 55.1 Å². The number of Topliss-reactive ketones (excluding diaryl/α,β-unsaturated/α-hetero) is 1. The topological polar surface area (TPSA) is 103 Å². The molecule has 0 amide bonds. The van der Waals surface area contributed by atoms with Crippen molar-refractivity contribution in [2.24, 2.45) is 11.8 Å². The smallest absolute Gasteiger partial charge is 0.306 e. The van der Waals surface area contributed by atoms with Gasteiger partial charge in [0.2, 0.25) is 0 Å². The summed E-state index contributed by atoms with van der Waals surface area (Å²) in [6.45, 7) is 12.3. The minimum Gasteiger partial charge on any atom is -0.459 e. The lowest BCUT2D eigenvalue weighted by Crippen LogP contribution is -2.86. The van der Waals surface area contributed by atoms with Crippen molar-refractivity contribution in [2.45, 2.75) is 103 Å². The van der Waals surface area contributed by atoms with Crippen molar-refractivity contribution in [1.29, 1.82) is 0 Å². The predicted octanol–water partition coefficient (Wildman–Crippen LogP) is 1.49. The molecule has 0 aromatic carbocycles. The third-order valence-corrected chi connectivity index (χ3v) is 7.27. The van der Waals surface area contributed by atoms with Gasteiger partial charge in [-0.1, -0.05) is 0 Å². The zero-order valence-corrected chi connectivity index (χ0v) is 20.8. The Morgan fingerprint density at radius 1 is 0.656 bits per heavy atom. The van der Waals surface area contributed by atoms with Gasteiger partial charge in [0.25, 0.3) is 0 Å². The molecule has 2 heterocycles. The predicted molar refractivity (Wildman–Crippen MR) is 122 cm³/mol. The number of carbonyl (C=O) groups excluding carboxylic acids is 3. The Kier molecular flexibility index (Phi) is 10.6. The van der Waals surface area contributed by atoms with Crippen LogP contribution in [0.25, 0.3) is 0 Å². The van der Waals surface area contributed by atoms with Gasteiger partial charge in [-0.15, -0.1) is 0 Å². The Labute approximate surface area is 193 Å². The number of ether oxygens (including phenoxy) is 2. The molecule has 0 spiro atoms. The van der Waals surface area contributed by atoms with Crippen LogP contribution >= 0.6 is 0 Å². The molecular weight excluding hydrogens is 408 g/mol. The maximum Gasteiger partial charge on any atom is 0.306 e. The fraction of sp³-hybridized carbons (Fsp3) is 0.880. The molecule has 32 heavy (non-hydrogen) atoms. The van der Waals surface area contributed by atoms with Crippen LogP contribution in [0, 0.1) is 11.8 Å². The SMILES string of the molecule is CC(C)(OC(=O)CCCC(=O)CCCC(=O)OC(C)(C)C1CC[NH2+]CC1)C1CC[NH2+]CC1. The van der Waals surface area contributed by atoms with Crippen LogP contribution in [0.3, 0.4) is 0 Å². The number of piperidine rings is 2. The second kappa shape index (κ2) is 12.7. The molecule has 2 aliphatic heterocycles. The molecule has 0 saturated carbocycles. The van der Waals surface area contributed by atoms with Crippen molar-refractivity contribution in [3.05, 3.63) is 0 Å². The van der Waals surface area contributed by atoms with E-state index >= 15 is 0 Å². The molecule has 0 bridgehead atoms. The molecule has 0 aromatic heterocycles. The van der Waals surface area contributed by atoms with Gasteiger partial charge in [0, 0.05) is 63.2 Å². The van der Waals surface area contributed by atoms with E-state index in [1.165, 1.54) is 0 Å². The van der Waals surface area contributed by atoms with E-state index in [9.17, 15) is 14.4 Å². The molecule has 0 radical (unpaired) electrons. The first-order valence-corrected chi connectivity index (χ1v) is 12.7. The minimum atomic E-state index is -0.445. The number of esters is 2. The molecule has 0 unspecified atom stereocenters. The minimum absolute atomic E-state index is 0.0924. The molecule has 7 nitrogen and oxygen atoms in total. The maximum absolute atomic E-state index is 12.2. The highest BCUT2D eigenvalue weighted by molar-refractivity contribution is 5.80. The van der Waals surface area contributed by atoms with E-state index in [0.29, 0.717) is 37.5 Å². The van der Waals surface area contributed by atoms with E-state index < -0.39 is 11.2 Å². The number of hydrogen-bond acceptors (Lipinski definition) is 5. The monoisotopic (exact) mass is 454 g/mol. The van der Waals surface area contributed by atoms with Crippen molar-refractivity contribution >= 4 is 17.7 Å². The summed E-state index contributed by atoms with van der Waals surface area (Å²) in [6.07, 6.45) is 6.52. The first kappa shape index (κ1) is 26.8. The van der Waals surface area contributed by atoms with Crippen LogP contribution in [0.5, 0.6) is 0 Å². The standard InChI is InChI=1S/C25H44N2O5/c1-24(2,19-11-15-26-16-12-19)31-22(29)9-5-7-21(28)8-6-10-23(30)32-25(3,4)20-13-17-27-18-14-20/h19-20,26-27H,5-18H2,1-4H3/p+2. The first-order chi connectivity index (χ1) is 15.1. The molecule has 2 rings (SSSR count). The van der Waals surface area contributed by atoms with Crippen LogP contribution in [0.15, 0.2) is 0 Å². The second-order valence-electron chi connectivity index (χ2n) is 10.7. The van der Waals surface area contributed by atoms with Gasteiger partial charge in [-0.25, -0.2) is 0 Å². The zero-order chi connectivity index (χ0) is 23.6. The zero-order valence-electron chi connectivity index (χ0n) is 20.8. The molecule has 0 aliphatic carbocycles. The Hall–Kier alpha value is -1.47. The number of nitrogens with two attached hydrogens (primary N) is 2. The molecule has 2 fully saturated rings. The average Bonchev–Trinajstić information content (AvgIpc) is 2.74. The van der Waals surface area contributed by atoms with Crippen LogP contribution in [0.1, 0.15) is 91.9 Å². The quantitative estimate of drug-likeness (QED) is 0.435. The summed E-state index contributed by atoms with van der Waals surface area (Å²) in [6, 6.07) is 0. The van der Waals surface area contributed by atoms with E-state index in [-0.39, 0.29) is 30.6 Å². The number of quaternary nitrogens is 2. The van der Waals surface area contributed by atoms with E-state index in [1.54, 1.807) is 0 Å². The summed E-state index contributed by atoms with van der Waals surface area (Å²) >= 11 is 0. The van der Waals surface area contributed by atoms with Crippen LogP contribution < -0.4 is 10.6 Å². The van der Waals surface area contributed by atoms with Crippen LogP contribution in [0.4, 0.5) is 0 Å². The summed E-state index contributed by atoms with van der Waals surface area (Å²) in [5.41, 5.74) is -0.890. The third-order valence-electron chi connectivity index (χ3n) is 7.27. The molecular formula is C25H46N2O5+2. The van der Waals surface area contributed by atoms with Gasteiger partial charge in [-0.3, -0.25) is 14.4 Å². The molecule has 4 N–H and O–H groups in total. The highest BCUT2D eigenvalue weighted by atomic mass is 16.6. The summed E-state index contributed by atoms with van der Waals surface area (Å²) in [5, 5.41) is 4.60. The maximum atomic E-state index is 12.2. The van der Waals surface area contributed by atoms with Gasteiger partial charge in [-0.2, -0.15) is 0 Å². The van der Waals surface area contributed by atoms with Gasteiger partial charge in [0.1, 0.15) is 17.0 Å². The second-order valence-corrected chi connectivity index (χ2v) is 10.7. The first-order valence-electron chi connectivity index (χ1n) is 12.7. The normalized spacial score (nSPS) is 18.9. The number of hydrogen-bond donors (Lipinski definition) is 2. The molecule has 2 saturated heterocycles. The van der Waals surface area contributed by atoms with Gasteiger partial charge in [0.05, 0.1) is 26.2 Å². The fourth-order valence-corrected chi connectivity index (χ4v) is 5.08. The lowest BCUT2D eigenvalue weighted by Gasteiger charge is -2.35. The van der Waals surface area contributed by atoms with Gasteiger partial charge < -0.3 is 20.1 Å². The van der Waals surface area contributed by atoms with E-state index in [0.717, 1.165) is 51.9 Å². The van der Waals surface area contributed by atoms with Gasteiger partial charge in [0.15, 0.2) is 0 Å². The number of carbonyl (C=O) groups is 3. The largest absolute Gasteiger partial charge is 0.459 e. The molecule has 0 aromatic rings. The lowest BCUT2D eigenvalue weighted by molar-refractivity contribution is -0.666. The average molecular weight is 455 g/mol. The van der Waals surface area contributed by atoms with Crippen molar-refractivity contribution in [2.75, 3.05) is 26.2 Å². The summed E-state index contributed by atoms with van der Waals surface area (Å²) in [5.74, 6) is 0.459. The lowest BCUT2D eigenvalue weighted by atomic mass is 9.83. The number of ketones is 1. The van der Waals surface area contributed by atoms with Crippen LogP contribution in [0.2, 0.25) is 0 Å². The summed E-state index contributed by atoms with van der Waals surface area (Å²) in [4.78, 5) is 36.6. The van der Waals surface area contributed by atoms with Crippen molar-refractivity contribution in [3.63, 3.8) is 0 Å². The van der Waals surface area contributed by atoms with E-state index in [4.69, 9.17) is 9.47 Å². The Balaban J connectivity index is 1.57. The van der Waals surface area contributed by atoms with E-state index in [2.05, 4.69) is 10.6 Å². The Morgan fingerprint density at radius 3 is 1.34 bits per heavy atom. The van der Waals surface area contributed by atoms with Crippen molar-refractivity contribution in [3.8, 4) is 0 Å². The van der Waals surface area contributed by atoms with Crippen LogP contribution in [-0.2, 0) is 23.9 Å². The summed E-state index contributed by atoms with van der Waals surface area (Å²) < 4.78 is 11.5. The Bertz CT molecular complexity index is 568. The van der Waals surface area contributed by atoms with Gasteiger partial charge >= 0.3 is 11.9 Å². The molecule has 2 aliphatic rings. The van der Waals surface area contributed by atoms with E-state index in [1.807, 2.05) is 27.7 Å². The van der Waals surface area contributed by atoms with Gasteiger partial charge in [-0.05, 0) is 40.5 Å². The highest BCUT2D eigenvalue weighted by Gasteiger charge is 2.36. The highest BCUT2D eigenvalue weighted by Crippen LogP contribution is 2.29. The molecule has 7 heteroatoms. The summed E-state index contributed by atoms with van der Waals surface area (Å²) in [7, 11) is 0. The van der Waals surface area contributed by atoms with Crippen molar-refractivity contribution < 1.29 is 34.5 Å². The molecule has 0 atom stereocenters. The fourth-order valence-electron chi connectivity index (χ4n) is 5.08. The van der Waals surface area contributed by atoms with Crippen molar-refractivity contribution in [1.82, 2.24) is 0 Å².